The Morgan fingerprint density at radius 1 is 1.38 bits per heavy atom. The first-order valence-electron chi connectivity index (χ1n) is 9.35. The van der Waals surface area contributed by atoms with Gasteiger partial charge in [-0.3, -0.25) is 9.59 Å². The fourth-order valence-electron chi connectivity index (χ4n) is 3.01. The van der Waals surface area contributed by atoms with Crippen molar-refractivity contribution in [2.24, 2.45) is 0 Å². The minimum Gasteiger partial charge on any atom is -0.467 e. The number of halogens is 1. The van der Waals surface area contributed by atoms with Crippen LogP contribution in [-0.4, -0.2) is 59.3 Å². The molecule has 0 bridgehead atoms. The maximum atomic E-state index is 12.9. The Kier molecular flexibility index (Phi) is 8.45. The molecule has 0 unspecified atom stereocenters. The standard InChI is InChI=1S/C19H29ClN2O4/c1-3-4-9-21(19(24)15(2)20)14-18(23)22(12-16-7-5-10-25-16)13-17-8-6-11-26-17/h5,7,10,15,17H,3-4,6,8-9,11-14H2,1-2H3/t15-,17+/m0/s1. The van der Waals surface area contributed by atoms with E-state index in [2.05, 4.69) is 6.92 Å². The van der Waals surface area contributed by atoms with Crippen molar-refractivity contribution in [3.05, 3.63) is 24.2 Å². The number of rotatable bonds is 10. The molecule has 1 aromatic rings. The van der Waals surface area contributed by atoms with Gasteiger partial charge in [-0.15, -0.1) is 11.6 Å². The van der Waals surface area contributed by atoms with Gasteiger partial charge in [0.25, 0.3) is 0 Å². The minimum absolute atomic E-state index is 0.0311. The summed E-state index contributed by atoms with van der Waals surface area (Å²) in [6.07, 6.45) is 5.38. The molecule has 146 valence electrons. The largest absolute Gasteiger partial charge is 0.467 e. The zero-order valence-corrected chi connectivity index (χ0v) is 16.4. The first-order valence-corrected chi connectivity index (χ1v) is 9.79. The van der Waals surface area contributed by atoms with E-state index in [4.69, 9.17) is 20.8 Å². The Morgan fingerprint density at radius 2 is 2.19 bits per heavy atom. The highest BCUT2D eigenvalue weighted by Gasteiger charge is 2.27. The van der Waals surface area contributed by atoms with E-state index in [9.17, 15) is 9.59 Å². The van der Waals surface area contributed by atoms with Crippen LogP contribution in [0.4, 0.5) is 0 Å². The van der Waals surface area contributed by atoms with Crippen LogP contribution in [0.5, 0.6) is 0 Å². The average molecular weight is 385 g/mol. The lowest BCUT2D eigenvalue weighted by Crippen LogP contribution is -2.46. The molecule has 1 aliphatic rings. The Morgan fingerprint density at radius 3 is 2.77 bits per heavy atom. The summed E-state index contributed by atoms with van der Waals surface area (Å²) >= 11 is 5.97. The average Bonchev–Trinajstić information content (AvgIpc) is 3.31. The van der Waals surface area contributed by atoms with Gasteiger partial charge in [0.2, 0.25) is 11.8 Å². The van der Waals surface area contributed by atoms with E-state index in [1.165, 1.54) is 0 Å². The van der Waals surface area contributed by atoms with Crippen molar-refractivity contribution < 1.29 is 18.7 Å². The third-order valence-corrected chi connectivity index (χ3v) is 4.67. The number of carbonyl (C=O) groups excluding carboxylic acids is 2. The highest BCUT2D eigenvalue weighted by atomic mass is 35.5. The van der Waals surface area contributed by atoms with Gasteiger partial charge in [-0.1, -0.05) is 13.3 Å². The number of ether oxygens (including phenoxy) is 1. The van der Waals surface area contributed by atoms with Crippen LogP contribution in [0.2, 0.25) is 0 Å². The molecule has 1 aliphatic heterocycles. The second-order valence-corrected chi connectivity index (χ2v) is 7.37. The zero-order valence-electron chi connectivity index (χ0n) is 15.7. The van der Waals surface area contributed by atoms with Crippen LogP contribution in [0.1, 0.15) is 45.3 Å². The Labute approximate surface area is 160 Å². The molecule has 0 aromatic carbocycles. The van der Waals surface area contributed by atoms with E-state index in [1.807, 2.05) is 6.07 Å². The van der Waals surface area contributed by atoms with Gasteiger partial charge in [0.1, 0.15) is 11.1 Å². The van der Waals surface area contributed by atoms with Gasteiger partial charge in [-0.25, -0.2) is 0 Å². The zero-order chi connectivity index (χ0) is 18.9. The van der Waals surface area contributed by atoms with Crippen molar-refractivity contribution in [2.45, 2.75) is 57.6 Å². The van der Waals surface area contributed by atoms with Crippen molar-refractivity contribution in [3.8, 4) is 0 Å². The lowest BCUT2D eigenvalue weighted by Gasteiger charge is -2.29. The van der Waals surface area contributed by atoms with E-state index in [0.717, 1.165) is 32.3 Å². The smallest absolute Gasteiger partial charge is 0.242 e. The fraction of sp³-hybridized carbons (Fsp3) is 0.684. The summed E-state index contributed by atoms with van der Waals surface area (Å²) in [6.45, 7) is 5.87. The van der Waals surface area contributed by atoms with Crippen molar-refractivity contribution in [1.82, 2.24) is 9.80 Å². The molecule has 2 heterocycles. The van der Waals surface area contributed by atoms with Crippen molar-refractivity contribution in [1.29, 1.82) is 0 Å². The number of hydrogen-bond acceptors (Lipinski definition) is 4. The van der Waals surface area contributed by atoms with Crippen LogP contribution in [0.15, 0.2) is 22.8 Å². The Bertz CT molecular complexity index is 556. The maximum Gasteiger partial charge on any atom is 0.242 e. The van der Waals surface area contributed by atoms with Gasteiger partial charge in [0, 0.05) is 19.7 Å². The summed E-state index contributed by atoms with van der Waals surface area (Å²) in [5, 5.41) is -0.642. The van der Waals surface area contributed by atoms with Gasteiger partial charge in [0.15, 0.2) is 0 Å². The van der Waals surface area contributed by atoms with Crippen LogP contribution in [0.3, 0.4) is 0 Å². The molecule has 1 aromatic heterocycles. The van der Waals surface area contributed by atoms with E-state index < -0.39 is 5.38 Å². The number of unbranched alkanes of at least 4 members (excludes halogenated alkanes) is 1. The van der Waals surface area contributed by atoms with Crippen molar-refractivity contribution >= 4 is 23.4 Å². The van der Waals surface area contributed by atoms with E-state index in [-0.39, 0.29) is 24.5 Å². The molecule has 0 aliphatic carbocycles. The number of hydrogen-bond donors (Lipinski definition) is 0. The summed E-state index contributed by atoms with van der Waals surface area (Å²) < 4.78 is 11.1. The number of alkyl halides is 1. The quantitative estimate of drug-likeness (QED) is 0.581. The van der Waals surface area contributed by atoms with Crippen LogP contribution in [-0.2, 0) is 20.9 Å². The maximum absolute atomic E-state index is 12.9. The normalized spacial score (nSPS) is 17.9. The minimum atomic E-state index is -0.642. The highest BCUT2D eigenvalue weighted by molar-refractivity contribution is 6.30. The fourth-order valence-corrected chi connectivity index (χ4v) is 3.15. The molecular formula is C19H29ClN2O4. The van der Waals surface area contributed by atoms with Crippen molar-refractivity contribution in [2.75, 3.05) is 26.2 Å². The van der Waals surface area contributed by atoms with Crippen molar-refractivity contribution in [3.63, 3.8) is 0 Å². The Hall–Kier alpha value is -1.53. The first-order chi connectivity index (χ1) is 12.5. The molecule has 0 N–H and O–H groups in total. The summed E-state index contributed by atoms with van der Waals surface area (Å²) in [5.41, 5.74) is 0. The van der Waals surface area contributed by atoms with E-state index >= 15 is 0 Å². The van der Waals surface area contributed by atoms with Crippen LogP contribution in [0.25, 0.3) is 0 Å². The first kappa shape index (κ1) is 20.8. The molecule has 2 rings (SSSR count). The van der Waals surface area contributed by atoms with Gasteiger partial charge in [-0.2, -0.15) is 0 Å². The van der Waals surface area contributed by atoms with E-state index in [1.54, 1.807) is 29.1 Å². The molecule has 2 atom stereocenters. The highest BCUT2D eigenvalue weighted by Crippen LogP contribution is 2.16. The van der Waals surface area contributed by atoms with Gasteiger partial charge < -0.3 is 19.0 Å². The van der Waals surface area contributed by atoms with Crippen LogP contribution in [0, 0.1) is 0 Å². The number of amides is 2. The molecule has 1 saturated heterocycles. The lowest BCUT2D eigenvalue weighted by molar-refractivity contribution is -0.141. The predicted octanol–water partition coefficient (Wildman–Crippen LogP) is 3.04. The Balaban J connectivity index is 2.05. The predicted molar refractivity (Wildman–Crippen MR) is 99.9 cm³/mol. The van der Waals surface area contributed by atoms with E-state index in [0.29, 0.717) is 25.4 Å². The molecule has 1 fully saturated rings. The number of carbonyl (C=O) groups is 2. The molecule has 7 heteroatoms. The molecule has 2 amide bonds. The molecule has 26 heavy (non-hydrogen) atoms. The lowest BCUT2D eigenvalue weighted by atomic mass is 10.2. The number of furan rings is 1. The monoisotopic (exact) mass is 384 g/mol. The molecule has 6 nitrogen and oxygen atoms in total. The molecular weight excluding hydrogens is 356 g/mol. The van der Waals surface area contributed by atoms with Crippen LogP contribution < -0.4 is 0 Å². The van der Waals surface area contributed by atoms with Gasteiger partial charge in [-0.05, 0) is 38.3 Å². The molecule has 0 spiro atoms. The van der Waals surface area contributed by atoms with Crippen LogP contribution >= 0.6 is 11.6 Å². The second-order valence-electron chi connectivity index (χ2n) is 6.72. The molecule has 0 radical (unpaired) electrons. The molecule has 0 saturated carbocycles. The van der Waals surface area contributed by atoms with Gasteiger partial charge >= 0.3 is 0 Å². The summed E-state index contributed by atoms with van der Waals surface area (Å²) in [7, 11) is 0. The summed E-state index contributed by atoms with van der Waals surface area (Å²) in [5.74, 6) is 0.399. The summed E-state index contributed by atoms with van der Waals surface area (Å²) in [4.78, 5) is 28.6. The second kappa shape index (κ2) is 10.6. The summed E-state index contributed by atoms with van der Waals surface area (Å²) in [6, 6.07) is 3.65. The topological polar surface area (TPSA) is 63.0 Å². The third kappa shape index (κ3) is 6.32. The van der Waals surface area contributed by atoms with Gasteiger partial charge in [0.05, 0.1) is 25.5 Å². The SMILES string of the molecule is CCCCN(CC(=O)N(Cc1ccco1)C[C@H]1CCCO1)C(=O)[C@H](C)Cl. The number of nitrogens with zero attached hydrogens (tertiary/aromatic N) is 2. The third-order valence-electron chi connectivity index (χ3n) is 4.49.